The van der Waals surface area contributed by atoms with E-state index in [1.54, 1.807) is 0 Å². The molecule has 0 aromatic heterocycles. The number of nitrogens with zero attached hydrogens (tertiary/aromatic N) is 3. The van der Waals surface area contributed by atoms with Crippen molar-refractivity contribution in [3.05, 3.63) is 0 Å². The summed E-state index contributed by atoms with van der Waals surface area (Å²) >= 11 is 0. The molecule has 0 aliphatic carbocycles. The number of hydrogen-bond acceptors (Lipinski definition) is 4. The summed E-state index contributed by atoms with van der Waals surface area (Å²) in [5, 5.41) is 3.24. The first-order valence-electron chi connectivity index (χ1n) is 9.20. The molecule has 0 aromatic rings. The molecule has 0 radical (unpaired) electrons. The normalized spacial score (nSPS) is 27.7. The first-order valence-corrected chi connectivity index (χ1v) is 9.20. The lowest BCUT2D eigenvalue weighted by Crippen LogP contribution is -2.49. The maximum atomic E-state index is 6.02. The number of likely N-dealkylation sites (N-methyl/N-ethyl adjacent to an activating group) is 1. The van der Waals surface area contributed by atoms with Crippen LogP contribution in [0.5, 0.6) is 0 Å². The summed E-state index contributed by atoms with van der Waals surface area (Å²) in [6, 6.07) is 0.563. The van der Waals surface area contributed by atoms with Crippen LogP contribution in [0.2, 0.25) is 0 Å². The van der Waals surface area contributed by atoms with Gasteiger partial charge < -0.3 is 15.8 Å². The van der Waals surface area contributed by atoms with Crippen LogP contribution in [0.15, 0.2) is 4.99 Å². The Kier molecular flexibility index (Phi) is 7.59. The average Bonchev–Trinajstić information content (AvgIpc) is 2.98. The van der Waals surface area contributed by atoms with E-state index in [1.807, 2.05) is 0 Å². The van der Waals surface area contributed by atoms with E-state index >= 15 is 0 Å². The van der Waals surface area contributed by atoms with Crippen molar-refractivity contribution in [1.82, 2.24) is 15.1 Å². The Hall–Kier alpha value is -0.850. The molecule has 2 aliphatic heterocycles. The Labute approximate surface area is 141 Å². The molecule has 2 rings (SSSR count). The summed E-state index contributed by atoms with van der Waals surface area (Å²) in [4.78, 5) is 9.50. The predicted molar refractivity (Wildman–Crippen MR) is 95.8 cm³/mol. The maximum absolute atomic E-state index is 6.02. The lowest BCUT2D eigenvalue weighted by atomic mass is 10.2. The van der Waals surface area contributed by atoms with E-state index in [0.29, 0.717) is 17.9 Å². The second-order valence-electron chi connectivity index (χ2n) is 7.18. The lowest BCUT2D eigenvalue weighted by Gasteiger charge is -2.34. The van der Waals surface area contributed by atoms with Crippen molar-refractivity contribution in [2.75, 3.05) is 52.4 Å². The summed E-state index contributed by atoms with van der Waals surface area (Å²) in [5.74, 6) is 1.25. The van der Waals surface area contributed by atoms with E-state index in [4.69, 9.17) is 10.5 Å². The molecule has 2 fully saturated rings. The average molecular weight is 326 g/mol. The summed E-state index contributed by atoms with van der Waals surface area (Å²) in [5.41, 5.74) is 6.02. The van der Waals surface area contributed by atoms with Crippen LogP contribution in [0.3, 0.4) is 0 Å². The number of hydrogen-bond donors (Lipinski definition) is 2. The van der Waals surface area contributed by atoms with Crippen LogP contribution in [0.1, 0.15) is 33.6 Å². The molecule has 0 bridgehead atoms. The number of nitrogens with one attached hydrogen (secondary N) is 1. The highest BCUT2D eigenvalue weighted by Gasteiger charge is 2.23. The third kappa shape index (κ3) is 6.28. The smallest absolute Gasteiger partial charge is 0.188 e. The summed E-state index contributed by atoms with van der Waals surface area (Å²) in [6.07, 6.45) is 2.72. The Bertz CT molecular complexity index is 374. The minimum Gasteiger partial charge on any atom is -0.374 e. The molecular weight excluding hydrogens is 290 g/mol. The van der Waals surface area contributed by atoms with Gasteiger partial charge in [0.2, 0.25) is 0 Å². The maximum Gasteiger partial charge on any atom is 0.188 e. The molecule has 2 atom stereocenters. The zero-order valence-corrected chi connectivity index (χ0v) is 15.1. The van der Waals surface area contributed by atoms with Crippen LogP contribution < -0.4 is 11.1 Å². The monoisotopic (exact) mass is 325 g/mol. The molecular formula is C17H35N5O. The second kappa shape index (κ2) is 9.45. The zero-order valence-electron chi connectivity index (χ0n) is 15.1. The Morgan fingerprint density at radius 2 is 2.22 bits per heavy atom. The Balaban J connectivity index is 1.68. The fourth-order valence-corrected chi connectivity index (χ4v) is 3.58. The van der Waals surface area contributed by atoms with Crippen LogP contribution in [0, 0.1) is 5.92 Å². The molecule has 0 saturated carbocycles. The van der Waals surface area contributed by atoms with Crippen molar-refractivity contribution in [3.8, 4) is 0 Å². The van der Waals surface area contributed by atoms with E-state index in [1.165, 1.54) is 19.4 Å². The van der Waals surface area contributed by atoms with Crippen LogP contribution in [0.25, 0.3) is 0 Å². The zero-order chi connectivity index (χ0) is 16.7. The quantitative estimate of drug-likeness (QED) is 0.534. The molecule has 0 amide bonds. The topological polar surface area (TPSA) is 66.1 Å². The number of aliphatic imine (C=N–C) groups is 1. The number of morpholine rings is 1. The molecule has 6 heteroatoms. The van der Waals surface area contributed by atoms with E-state index < -0.39 is 0 Å². The Morgan fingerprint density at radius 1 is 1.39 bits per heavy atom. The van der Waals surface area contributed by atoms with Crippen molar-refractivity contribution in [2.24, 2.45) is 16.6 Å². The second-order valence-corrected chi connectivity index (χ2v) is 7.18. The molecule has 23 heavy (non-hydrogen) atoms. The summed E-state index contributed by atoms with van der Waals surface area (Å²) < 4.78 is 5.83. The van der Waals surface area contributed by atoms with Gasteiger partial charge in [-0.1, -0.05) is 20.8 Å². The van der Waals surface area contributed by atoms with Gasteiger partial charge in [0.1, 0.15) is 0 Å². The standard InChI is InChI=1S/C17H35N5O/c1-4-22-7-5-6-15(22)10-19-17(18)20-11-16-13-21(8-9-23-16)12-14(2)3/h14-16H,4-13H2,1-3H3,(H3,18,19,20). The number of guanidine groups is 1. The van der Waals surface area contributed by atoms with Gasteiger partial charge in [0, 0.05) is 32.2 Å². The number of ether oxygens (including phenoxy) is 1. The molecule has 134 valence electrons. The van der Waals surface area contributed by atoms with Gasteiger partial charge in [-0.05, 0) is 31.8 Å². The van der Waals surface area contributed by atoms with Crippen molar-refractivity contribution >= 4 is 5.96 Å². The molecule has 2 aliphatic rings. The SMILES string of the molecule is CCN1CCCC1CN=C(N)NCC1CN(CC(C)C)CCO1. The van der Waals surface area contributed by atoms with Crippen molar-refractivity contribution < 1.29 is 4.74 Å². The highest BCUT2D eigenvalue weighted by atomic mass is 16.5. The third-order valence-corrected chi connectivity index (χ3v) is 4.73. The van der Waals surface area contributed by atoms with Crippen molar-refractivity contribution in [3.63, 3.8) is 0 Å². The van der Waals surface area contributed by atoms with Crippen molar-refractivity contribution in [1.29, 1.82) is 0 Å². The van der Waals surface area contributed by atoms with E-state index in [-0.39, 0.29) is 6.10 Å². The molecule has 0 spiro atoms. The first-order chi connectivity index (χ1) is 11.1. The molecule has 2 saturated heterocycles. The summed E-state index contributed by atoms with van der Waals surface area (Å²) in [6.45, 7) is 14.5. The molecule has 0 aromatic carbocycles. The first kappa shape index (κ1) is 18.5. The van der Waals surface area contributed by atoms with Gasteiger partial charge in [-0.3, -0.25) is 14.8 Å². The molecule has 3 N–H and O–H groups in total. The van der Waals surface area contributed by atoms with Crippen LogP contribution in [0.4, 0.5) is 0 Å². The fourth-order valence-electron chi connectivity index (χ4n) is 3.58. The fraction of sp³-hybridized carbons (Fsp3) is 0.941. The number of likely N-dealkylation sites (tertiary alicyclic amines) is 1. The highest BCUT2D eigenvalue weighted by Crippen LogP contribution is 2.16. The minimum absolute atomic E-state index is 0.204. The van der Waals surface area contributed by atoms with Crippen LogP contribution in [-0.4, -0.2) is 80.3 Å². The van der Waals surface area contributed by atoms with Gasteiger partial charge in [0.15, 0.2) is 5.96 Å². The third-order valence-electron chi connectivity index (χ3n) is 4.73. The Morgan fingerprint density at radius 3 is 2.96 bits per heavy atom. The van der Waals surface area contributed by atoms with Crippen molar-refractivity contribution in [2.45, 2.75) is 45.8 Å². The van der Waals surface area contributed by atoms with E-state index in [2.05, 4.69) is 40.9 Å². The van der Waals surface area contributed by atoms with Gasteiger partial charge in [-0.15, -0.1) is 0 Å². The van der Waals surface area contributed by atoms with Gasteiger partial charge in [-0.2, -0.15) is 0 Å². The predicted octanol–water partition coefficient (Wildman–Crippen LogP) is 0.732. The molecule has 2 unspecified atom stereocenters. The lowest BCUT2D eigenvalue weighted by molar-refractivity contribution is -0.0284. The number of rotatable bonds is 7. The van der Waals surface area contributed by atoms with E-state index in [9.17, 15) is 0 Å². The van der Waals surface area contributed by atoms with Gasteiger partial charge in [-0.25, -0.2) is 0 Å². The molecule has 2 heterocycles. The highest BCUT2D eigenvalue weighted by molar-refractivity contribution is 5.77. The number of nitrogens with two attached hydrogens (primary N) is 1. The van der Waals surface area contributed by atoms with Gasteiger partial charge in [0.05, 0.1) is 19.3 Å². The largest absolute Gasteiger partial charge is 0.374 e. The summed E-state index contributed by atoms with van der Waals surface area (Å²) in [7, 11) is 0. The van der Waals surface area contributed by atoms with E-state index in [0.717, 1.165) is 45.9 Å². The van der Waals surface area contributed by atoms with Gasteiger partial charge in [0.25, 0.3) is 0 Å². The van der Waals surface area contributed by atoms with Crippen LogP contribution >= 0.6 is 0 Å². The van der Waals surface area contributed by atoms with Crippen LogP contribution in [-0.2, 0) is 4.74 Å². The molecule has 6 nitrogen and oxygen atoms in total. The minimum atomic E-state index is 0.204. The van der Waals surface area contributed by atoms with Gasteiger partial charge >= 0.3 is 0 Å².